The molecule has 0 radical (unpaired) electrons. The predicted octanol–water partition coefficient (Wildman–Crippen LogP) is 3.05. The smallest absolute Gasteiger partial charge is 0.303 e. The van der Waals surface area contributed by atoms with Crippen molar-refractivity contribution >= 4 is 17.6 Å². The summed E-state index contributed by atoms with van der Waals surface area (Å²) in [5.41, 5.74) is 0.669. The van der Waals surface area contributed by atoms with Crippen LogP contribution in [0, 0.1) is 5.92 Å². The maximum absolute atomic E-state index is 10.6. The maximum atomic E-state index is 10.6. The Morgan fingerprint density at radius 3 is 2.95 bits per heavy atom. The van der Waals surface area contributed by atoms with Gasteiger partial charge in [-0.25, -0.2) is 0 Å². The number of methoxy groups -OCH3 is 1. The second kappa shape index (κ2) is 6.58. The van der Waals surface area contributed by atoms with Crippen LogP contribution < -0.4 is 4.74 Å². The molecule has 1 aromatic carbocycles. The van der Waals surface area contributed by atoms with Crippen LogP contribution in [0.15, 0.2) is 22.7 Å². The molecule has 1 aromatic heterocycles. The van der Waals surface area contributed by atoms with Gasteiger partial charge in [-0.15, -0.1) is 0 Å². The zero-order valence-electron chi connectivity index (χ0n) is 11.7. The largest absolute Gasteiger partial charge is 0.496 e. The van der Waals surface area contributed by atoms with Gasteiger partial charge in [0, 0.05) is 17.9 Å². The first-order valence-corrected chi connectivity index (χ1v) is 6.75. The second-order valence-corrected chi connectivity index (χ2v) is 5.20. The SMILES string of the molecule is COc1cc(Cl)ccc1-c1noc(CC(C)CC(=O)O)n1. The number of nitrogens with zero attached hydrogens (tertiary/aromatic N) is 2. The lowest BCUT2D eigenvalue weighted by Crippen LogP contribution is -2.07. The monoisotopic (exact) mass is 310 g/mol. The zero-order chi connectivity index (χ0) is 15.4. The highest BCUT2D eigenvalue weighted by Crippen LogP contribution is 2.30. The number of halogens is 1. The fourth-order valence-corrected chi connectivity index (χ4v) is 2.13. The molecule has 21 heavy (non-hydrogen) atoms. The predicted molar refractivity (Wildman–Crippen MR) is 76.4 cm³/mol. The van der Waals surface area contributed by atoms with Gasteiger partial charge in [0.25, 0.3) is 0 Å². The summed E-state index contributed by atoms with van der Waals surface area (Å²) in [4.78, 5) is 14.9. The van der Waals surface area contributed by atoms with Crippen LogP contribution >= 0.6 is 11.6 Å². The molecule has 1 heterocycles. The van der Waals surface area contributed by atoms with Gasteiger partial charge in [-0.05, 0) is 24.1 Å². The number of aromatic nitrogens is 2. The molecule has 0 saturated heterocycles. The summed E-state index contributed by atoms with van der Waals surface area (Å²) in [6, 6.07) is 5.12. The van der Waals surface area contributed by atoms with Gasteiger partial charge in [-0.3, -0.25) is 4.79 Å². The fourth-order valence-electron chi connectivity index (χ4n) is 1.97. The molecular weight excluding hydrogens is 296 g/mol. The summed E-state index contributed by atoms with van der Waals surface area (Å²) < 4.78 is 10.4. The molecule has 0 fully saturated rings. The average molecular weight is 311 g/mol. The van der Waals surface area contributed by atoms with E-state index in [1.807, 2.05) is 6.92 Å². The quantitative estimate of drug-likeness (QED) is 0.882. The van der Waals surface area contributed by atoms with Crippen LogP contribution in [0.2, 0.25) is 5.02 Å². The second-order valence-electron chi connectivity index (χ2n) is 4.76. The minimum atomic E-state index is -0.846. The van der Waals surface area contributed by atoms with Gasteiger partial charge in [-0.2, -0.15) is 4.98 Å². The molecule has 1 atom stereocenters. The first-order valence-electron chi connectivity index (χ1n) is 6.38. The molecule has 0 spiro atoms. The van der Waals surface area contributed by atoms with Crippen molar-refractivity contribution in [2.45, 2.75) is 19.8 Å². The molecule has 0 aliphatic carbocycles. The van der Waals surface area contributed by atoms with E-state index in [1.165, 1.54) is 7.11 Å². The highest BCUT2D eigenvalue weighted by atomic mass is 35.5. The summed E-state index contributed by atoms with van der Waals surface area (Å²) in [7, 11) is 1.53. The summed E-state index contributed by atoms with van der Waals surface area (Å²) in [5.74, 6) is 0.412. The van der Waals surface area contributed by atoms with Crippen LogP contribution in [0.5, 0.6) is 5.75 Å². The van der Waals surface area contributed by atoms with Crippen molar-refractivity contribution in [1.29, 1.82) is 0 Å². The lowest BCUT2D eigenvalue weighted by Gasteiger charge is -2.05. The van der Waals surface area contributed by atoms with Crippen molar-refractivity contribution in [2.24, 2.45) is 5.92 Å². The van der Waals surface area contributed by atoms with E-state index >= 15 is 0 Å². The van der Waals surface area contributed by atoms with E-state index in [-0.39, 0.29) is 12.3 Å². The number of hydrogen-bond donors (Lipinski definition) is 1. The van der Waals surface area contributed by atoms with Crippen LogP contribution in [0.25, 0.3) is 11.4 Å². The minimum absolute atomic E-state index is 0.0575. The van der Waals surface area contributed by atoms with Crippen molar-refractivity contribution in [2.75, 3.05) is 7.11 Å². The first kappa shape index (κ1) is 15.3. The Morgan fingerprint density at radius 2 is 2.29 bits per heavy atom. The number of aliphatic carboxylic acids is 1. The number of benzene rings is 1. The third kappa shape index (κ3) is 3.95. The number of rotatable bonds is 6. The number of hydrogen-bond acceptors (Lipinski definition) is 5. The summed E-state index contributed by atoms with van der Waals surface area (Å²) in [6.45, 7) is 1.82. The maximum Gasteiger partial charge on any atom is 0.303 e. The van der Waals surface area contributed by atoms with Gasteiger partial charge in [-0.1, -0.05) is 23.7 Å². The van der Waals surface area contributed by atoms with E-state index in [2.05, 4.69) is 10.1 Å². The van der Waals surface area contributed by atoms with E-state index in [9.17, 15) is 4.79 Å². The highest BCUT2D eigenvalue weighted by Gasteiger charge is 2.16. The fraction of sp³-hybridized carbons (Fsp3) is 0.357. The van der Waals surface area contributed by atoms with Gasteiger partial charge in [0.15, 0.2) is 0 Å². The average Bonchev–Trinajstić information content (AvgIpc) is 2.85. The Balaban J connectivity index is 2.18. The molecule has 0 bridgehead atoms. The molecule has 1 N–H and O–H groups in total. The van der Waals surface area contributed by atoms with E-state index in [0.717, 1.165) is 0 Å². The molecular formula is C14H15ClN2O4. The van der Waals surface area contributed by atoms with Crippen molar-refractivity contribution < 1.29 is 19.2 Å². The molecule has 0 amide bonds. The Kier molecular flexibility index (Phi) is 4.80. The summed E-state index contributed by atoms with van der Waals surface area (Å²) >= 11 is 5.91. The summed E-state index contributed by atoms with van der Waals surface area (Å²) in [5, 5.41) is 13.2. The molecule has 0 saturated carbocycles. The molecule has 0 aliphatic rings. The topological polar surface area (TPSA) is 85.5 Å². The lowest BCUT2D eigenvalue weighted by atomic mass is 10.0. The van der Waals surface area contributed by atoms with Crippen LogP contribution in [0.4, 0.5) is 0 Å². The third-order valence-electron chi connectivity index (χ3n) is 2.92. The molecule has 112 valence electrons. The van der Waals surface area contributed by atoms with Gasteiger partial charge in [0.1, 0.15) is 5.75 Å². The Labute approximate surface area is 126 Å². The normalized spacial score (nSPS) is 12.1. The number of carboxylic acid groups (broad SMARTS) is 1. The van der Waals surface area contributed by atoms with Crippen molar-refractivity contribution in [3.63, 3.8) is 0 Å². The zero-order valence-corrected chi connectivity index (χ0v) is 12.4. The van der Waals surface area contributed by atoms with Crippen molar-refractivity contribution in [3.8, 4) is 17.1 Å². The third-order valence-corrected chi connectivity index (χ3v) is 3.15. The Hall–Kier alpha value is -2.08. The number of carboxylic acids is 1. The lowest BCUT2D eigenvalue weighted by molar-refractivity contribution is -0.137. The number of carbonyl (C=O) groups is 1. The molecule has 1 unspecified atom stereocenters. The van der Waals surface area contributed by atoms with E-state index in [0.29, 0.717) is 34.5 Å². The minimum Gasteiger partial charge on any atom is -0.496 e. The Morgan fingerprint density at radius 1 is 1.52 bits per heavy atom. The van der Waals surface area contributed by atoms with Crippen molar-refractivity contribution in [1.82, 2.24) is 10.1 Å². The van der Waals surface area contributed by atoms with Crippen LogP contribution in [0.3, 0.4) is 0 Å². The van der Waals surface area contributed by atoms with Crippen LogP contribution in [-0.4, -0.2) is 28.3 Å². The van der Waals surface area contributed by atoms with Gasteiger partial charge < -0.3 is 14.4 Å². The van der Waals surface area contributed by atoms with E-state index in [1.54, 1.807) is 18.2 Å². The molecule has 6 nitrogen and oxygen atoms in total. The summed E-state index contributed by atoms with van der Waals surface area (Å²) in [6.07, 6.45) is 0.469. The van der Waals surface area contributed by atoms with Crippen LogP contribution in [-0.2, 0) is 11.2 Å². The van der Waals surface area contributed by atoms with Gasteiger partial charge >= 0.3 is 5.97 Å². The molecule has 0 aliphatic heterocycles. The number of ether oxygens (including phenoxy) is 1. The van der Waals surface area contributed by atoms with E-state index < -0.39 is 5.97 Å². The highest BCUT2D eigenvalue weighted by molar-refractivity contribution is 6.30. The van der Waals surface area contributed by atoms with Gasteiger partial charge in [0.05, 0.1) is 12.7 Å². The Bertz CT molecular complexity index is 642. The molecule has 2 aromatic rings. The molecule has 7 heteroatoms. The van der Waals surface area contributed by atoms with Gasteiger partial charge in [0.2, 0.25) is 11.7 Å². The standard InChI is InChI=1S/C14H15ClN2O4/c1-8(6-13(18)19)5-12-16-14(17-21-12)10-4-3-9(15)7-11(10)20-2/h3-4,7-8H,5-6H2,1-2H3,(H,18,19). The van der Waals surface area contributed by atoms with Crippen molar-refractivity contribution in [3.05, 3.63) is 29.1 Å². The van der Waals surface area contributed by atoms with Crippen LogP contribution in [0.1, 0.15) is 19.2 Å². The van der Waals surface area contributed by atoms with E-state index in [4.69, 9.17) is 26.0 Å². The first-order chi connectivity index (χ1) is 9.99. The molecule has 2 rings (SSSR count).